The lowest BCUT2D eigenvalue weighted by molar-refractivity contribution is -0.141. The molecule has 0 atom stereocenters. The van der Waals surface area contributed by atoms with Crippen LogP contribution in [-0.2, 0) is 14.9 Å². The fourth-order valence-electron chi connectivity index (χ4n) is 1.88. The lowest BCUT2D eigenvalue weighted by atomic mass is 9.78. The standard InChI is InChI=1S/C13H17NO2S/c1-9(2)17-11-5-3-10(4-6-11)13(12(14)15)7-16-8-13/h3-6,9H,7-8H2,1-2H3,(H2,14,15). The highest BCUT2D eigenvalue weighted by atomic mass is 32.2. The van der Waals surface area contributed by atoms with E-state index < -0.39 is 5.41 Å². The van der Waals surface area contributed by atoms with Crippen molar-refractivity contribution >= 4 is 17.7 Å². The third kappa shape index (κ3) is 2.33. The maximum Gasteiger partial charge on any atom is 0.232 e. The van der Waals surface area contributed by atoms with Crippen LogP contribution in [0.25, 0.3) is 0 Å². The van der Waals surface area contributed by atoms with Gasteiger partial charge in [-0.2, -0.15) is 0 Å². The number of amides is 1. The molecule has 0 bridgehead atoms. The first-order valence-corrected chi connectivity index (χ1v) is 6.57. The minimum atomic E-state index is -0.596. The van der Waals surface area contributed by atoms with Crippen LogP contribution in [0.5, 0.6) is 0 Å². The van der Waals surface area contributed by atoms with Crippen LogP contribution in [0.2, 0.25) is 0 Å². The molecule has 0 saturated carbocycles. The second kappa shape index (κ2) is 4.70. The molecule has 1 aromatic rings. The van der Waals surface area contributed by atoms with Crippen molar-refractivity contribution in [3.05, 3.63) is 29.8 Å². The van der Waals surface area contributed by atoms with Crippen molar-refractivity contribution in [3.8, 4) is 0 Å². The van der Waals surface area contributed by atoms with E-state index in [2.05, 4.69) is 13.8 Å². The Bertz CT molecular complexity index is 410. The minimum Gasteiger partial charge on any atom is -0.378 e. The highest BCUT2D eigenvalue weighted by Crippen LogP contribution is 2.33. The number of carbonyl (C=O) groups is 1. The topological polar surface area (TPSA) is 52.3 Å². The average Bonchev–Trinajstić information content (AvgIpc) is 2.17. The summed E-state index contributed by atoms with van der Waals surface area (Å²) < 4.78 is 5.14. The Morgan fingerprint density at radius 1 is 1.35 bits per heavy atom. The largest absolute Gasteiger partial charge is 0.378 e. The Kier molecular flexibility index (Phi) is 3.45. The van der Waals surface area contributed by atoms with Crippen LogP contribution in [0.1, 0.15) is 19.4 Å². The van der Waals surface area contributed by atoms with Crippen molar-refractivity contribution in [3.63, 3.8) is 0 Å². The van der Waals surface area contributed by atoms with Gasteiger partial charge in [-0.3, -0.25) is 4.79 Å². The van der Waals surface area contributed by atoms with Gasteiger partial charge in [0, 0.05) is 10.1 Å². The first-order valence-electron chi connectivity index (χ1n) is 5.69. The van der Waals surface area contributed by atoms with Gasteiger partial charge in [-0.1, -0.05) is 26.0 Å². The van der Waals surface area contributed by atoms with E-state index in [1.54, 1.807) is 11.8 Å². The zero-order valence-corrected chi connectivity index (χ0v) is 10.9. The molecular weight excluding hydrogens is 234 g/mol. The van der Waals surface area contributed by atoms with Gasteiger partial charge >= 0.3 is 0 Å². The van der Waals surface area contributed by atoms with E-state index in [-0.39, 0.29) is 5.91 Å². The first kappa shape index (κ1) is 12.5. The summed E-state index contributed by atoms with van der Waals surface area (Å²) in [6, 6.07) is 8.06. The third-order valence-electron chi connectivity index (χ3n) is 2.95. The summed E-state index contributed by atoms with van der Waals surface area (Å²) in [5, 5.41) is 0.554. The van der Waals surface area contributed by atoms with Crippen LogP contribution in [0, 0.1) is 0 Å². The number of benzene rings is 1. The average molecular weight is 251 g/mol. The minimum absolute atomic E-state index is 0.298. The molecule has 0 aromatic heterocycles. The molecule has 92 valence electrons. The third-order valence-corrected chi connectivity index (χ3v) is 3.96. The summed E-state index contributed by atoms with van der Waals surface area (Å²) in [4.78, 5) is 12.7. The molecule has 2 N–H and O–H groups in total. The summed E-state index contributed by atoms with van der Waals surface area (Å²) in [7, 11) is 0. The predicted molar refractivity (Wildman–Crippen MR) is 69.1 cm³/mol. The maximum atomic E-state index is 11.5. The Morgan fingerprint density at radius 3 is 2.29 bits per heavy atom. The van der Waals surface area contributed by atoms with Crippen molar-refractivity contribution in [2.45, 2.75) is 29.4 Å². The Hall–Kier alpha value is -1.00. The maximum absolute atomic E-state index is 11.5. The highest BCUT2D eigenvalue weighted by molar-refractivity contribution is 7.99. The summed E-state index contributed by atoms with van der Waals surface area (Å²) in [6.07, 6.45) is 0. The van der Waals surface area contributed by atoms with Gasteiger partial charge in [-0.25, -0.2) is 0 Å². The van der Waals surface area contributed by atoms with Gasteiger partial charge in [0.05, 0.1) is 13.2 Å². The quantitative estimate of drug-likeness (QED) is 0.832. The lowest BCUT2D eigenvalue weighted by Gasteiger charge is -2.38. The summed E-state index contributed by atoms with van der Waals surface area (Å²) in [6.45, 7) is 5.12. The Balaban J connectivity index is 2.20. The van der Waals surface area contributed by atoms with Gasteiger partial charge < -0.3 is 10.5 Å². The monoisotopic (exact) mass is 251 g/mol. The number of rotatable bonds is 4. The highest BCUT2D eigenvalue weighted by Gasteiger charge is 2.45. The fourth-order valence-corrected chi connectivity index (χ4v) is 2.72. The van der Waals surface area contributed by atoms with E-state index in [0.717, 1.165) is 5.56 Å². The van der Waals surface area contributed by atoms with Crippen LogP contribution < -0.4 is 5.73 Å². The molecule has 0 aliphatic carbocycles. The van der Waals surface area contributed by atoms with Crippen molar-refractivity contribution in [2.75, 3.05) is 13.2 Å². The molecule has 3 nitrogen and oxygen atoms in total. The number of carbonyl (C=O) groups excluding carboxylic acids is 1. The molecule has 1 aliphatic heterocycles. The van der Waals surface area contributed by atoms with Gasteiger partial charge in [0.15, 0.2) is 0 Å². The first-order chi connectivity index (χ1) is 8.04. The molecule has 1 aliphatic rings. The summed E-state index contributed by atoms with van der Waals surface area (Å²) >= 11 is 1.80. The molecule has 17 heavy (non-hydrogen) atoms. The number of thioether (sulfide) groups is 1. The van der Waals surface area contributed by atoms with E-state index in [9.17, 15) is 4.79 Å². The van der Waals surface area contributed by atoms with Gasteiger partial charge in [0.1, 0.15) is 5.41 Å². The normalized spacial score (nSPS) is 17.8. The van der Waals surface area contributed by atoms with Crippen molar-refractivity contribution < 1.29 is 9.53 Å². The molecule has 0 unspecified atom stereocenters. The molecule has 0 radical (unpaired) electrons. The number of ether oxygens (including phenoxy) is 1. The van der Waals surface area contributed by atoms with Crippen LogP contribution in [0.3, 0.4) is 0 Å². The summed E-state index contributed by atoms with van der Waals surface area (Å²) in [5.74, 6) is -0.298. The molecule has 2 rings (SSSR count). The molecule has 0 spiro atoms. The smallest absolute Gasteiger partial charge is 0.232 e. The van der Waals surface area contributed by atoms with Crippen LogP contribution in [0.15, 0.2) is 29.2 Å². The van der Waals surface area contributed by atoms with Crippen molar-refractivity contribution in [1.82, 2.24) is 0 Å². The van der Waals surface area contributed by atoms with E-state index in [1.807, 2.05) is 24.3 Å². The molecule has 1 fully saturated rings. The molecular formula is C13H17NO2S. The molecule has 4 heteroatoms. The van der Waals surface area contributed by atoms with Crippen LogP contribution in [0.4, 0.5) is 0 Å². The SMILES string of the molecule is CC(C)Sc1ccc(C2(C(N)=O)COC2)cc1. The second-order valence-electron chi connectivity index (χ2n) is 4.63. The molecule has 1 saturated heterocycles. The Morgan fingerprint density at radius 2 is 1.94 bits per heavy atom. The number of nitrogens with two attached hydrogens (primary N) is 1. The number of hydrogen-bond acceptors (Lipinski definition) is 3. The van der Waals surface area contributed by atoms with E-state index in [1.165, 1.54) is 4.90 Å². The zero-order valence-electron chi connectivity index (χ0n) is 10.1. The van der Waals surface area contributed by atoms with Gasteiger partial charge in [-0.05, 0) is 17.7 Å². The van der Waals surface area contributed by atoms with Crippen LogP contribution in [-0.4, -0.2) is 24.4 Å². The predicted octanol–water partition coefficient (Wildman–Crippen LogP) is 1.94. The molecule has 1 amide bonds. The Labute approximate surface area is 106 Å². The number of hydrogen-bond donors (Lipinski definition) is 1. The molecule has 1 heterocycles. The lowest BCUT2D eigenvalue weighted by Crippen LogP contribution is -2.56. The second-order valence-corrected chi connectivity index (χ2v) is 6.28. The zero-order chi connectivity index (χ0) is 12.5. The van der Waals surface area contributed by atoms with Crippen molar-refractivity contribution in [2.24, 2.45) is 5.73 Å². The molecule has 1 aromatic carbocycles. The van der Waals surface area contributed by atoms with Gasteiger partial charge in [0.2, 0.25) is 5.91 Å². The summed E-state index contributed by atoms with van der Waals surface area (Å²) in [5.41, 5.74) is 5.83. The van der Waals surface area contributed by atoms with Crippen LogP contribution >= 0.6 is 11.8 Å². The van der Waals surface area contributed by atoms with Gasteiger partial charge in [0.25, 0.3) is 0 Å². The van der Waals surface area contributed by atoms with E-state index in [4.69, 9.17) is 10.5 Å². The number of primary amides is 1. The van der Waals surface area contributed by atoms with Crippen molar-refractivity contribution in [1.29, 1.82) is 0 Å². The van der Waals surface area contributed by atoms with Gasteiger partial charge in [-0.15, -0.1) is 11.8 Å². The fraction of sp³-hybridized carbons (Fsp3) is 0.462. The van der Waals surface area contributed by atoms with E-state index in [0.29, 0.717) is 18.5 Å². The van der Waals surface area contributed by atoms with E-state index >= 15 is 0 Å².